The number of fused-ring (bicyclic) bond motifs is 1. The first-order chi connectivity index (χ1) is 16.0. The topological polar surface area (TPSA) is 103 Å². The second kappa shape index (κ2) is 8.82. The normalized spacial score (nSPS) is 15.0. The molecule has 33 heavy (non-hydrogen) atoms. The van der Waals surface area contributed by atoms with E-state index in [2.05, 4.69) is 63.0 Å². The Balaban J connectivity index is 1.49. The van der Waals surface area contributed by atoms with Crippen LogP contribution in [0.2, 0.25) is 0 Å². The lowest BCUT2D eigenvalue weighted by molar-refractivity contribution is 0.495. The maximum absolute atomic E-state index is 6.12. The molecule has 0 saturated carbocycles. The van der Waals surface area contributed by atoms with Gasteiger partial charge in [-0.05, 0) is 37.8 Å². The van der Waals surface area contributed by atoms with Gasteiger partial charge in [0.05, 0.1) is 12.5 Å². The van der Waals surface area contributed by atoms with Crippen molar-refractivity contribution in [2.45, 2.75) is 45.3 Å². The maximum Gasteiger partial charge on any atom is 0.229 e. The van der Waals surface area contributed by atoms with Crippen molar-refractivity contribution in [3.8, 4) is 11.1 Å². The Morgan fingerprint density at radius 3 is 2.67 bits per heavy atom. The summed E-state index contributed by atoms with van der Waals surface area (Å²) >= 11 is 0. The Labute approximate surface area is 193 Å². The number of nitrogens with two attached hydrogens (primary N) is 1. The monoisotopic (exact) mass is 445 g/mol. The van der Waals surface area contributed by atoms with E-state index in [4.69, 9.17) is 15.7 Å². The molecule has 1 aliphatic heterocycles. The fourth-order valence-electron chi connectivity index (χ4n) is 4.34. The zero-order valence-corrected chi connectivity index (χ0v) is 19.4. The fraction of sp³-hybridized carbons (Fsp3) is 0.417. The minimum atomic E-state index is 0.256. The molecule has 1 aliphatic rings. The molecule has 0 atom stereocenters. The fourth-order valence-corrected chi connectivity index (χ4v) is 4.34. The highest BCUT2D eigenvalue weighted by molar-refractivity contribution is 5.84. The molecule has 0 spiro atoms. The number of nitrogens with zero attached hydrogens (tertiary/aromatic N) is 7. The van der Waals surface area contributed by atoms with E-state index in [1.807, 2.05) is 30.5 Å². The van der Waals surface area contributed by atoms with Crippen molar-refractivity contribution in [2.24, 2.45) is 12.8 Å². The first-order valence-corrected chi connectivity index (χ1v) is 11.6. The predicted molar refractivity (Wildman–Crippen MR) is 131 cm³/mol. The molecule has 3 aromatic heterocycles. The molecule has 1 fully saturated rings. The lowest BCUT2D eigenvalue weighted by Gasteiger charge is -2.30. The van der Waals surface area contributed by atoms with Gasteiger partial charge < -0.3 is 20.5 Å². The molecule has 0 bridgehead atoms. The Bertz CT molecular complexity index is 1250. The van der Waals surface area contributed by atoms with Crippen LogP contribution in [0.25, 0.3) is 22.3 Å². The van der Waals surface area contributed by atoms with Gasteiger partial charge in [-0.2, -0.15) is 15.1 Å². The summed E-state index contributed by atoms with van der Waals surface area (Å²) in [4.78, 5) is 16.7. The number of benzene rings is 1. The summed E-state index contributed by atoms with van der Waals surface area (Å²) in [5.74, 6) is 1.49. The molecule has 0 amide bonds. The van der Waals surface area contributed by atoms with Gasteiger partial charge in [-0.3, -0.25) is 4.68 Å². The van der Waals surface area contributed by atoms with E-state index >= 15 is 0 Å². The van der Waals surface area contributed by atoms with Gasteiger partial charge in [-0.15, -0.1) is 0 Å². The number of rotatable bonds is 6. The number of hydrogen-bond donors (Lipinski definition) is 2. The Morgan fingerprint density at radius 2 is 1.94 bits per heavy atom. The van der Waals surface area contributed by atoms with Crippen LogP contribution >= 0.6 is 0 Å². The molecule has 4 heterocycles. The largest absolute Gasteiger partial charge is 0.364 e. The zero-order chi connectivity index (χ0) is 22.9. The molecule has 9 heteroatoms. The molecule has 5 rings (SSSR count). The van der Waals surface area contributed by atoms with Crippen molar-refractivity contribution in [3.05, 3.63) is 48.5 Å². The van der Waals surface area contributed by atoms with E-state index in [9.17, 15) is 0 Å². The average Bonchev–Trinajstić information content (AvgIpc) is 3.44. The average molecular weight is 446 g/mol. The van der Waals surface area contributed by atoms with Gasteiger partial charge in [0.15, 0.2) is 17.0 Å². The third kappa shape index (κ3) is 4.28. The highest BCUT2D eigenvalue weighted by Crippen LogP contribution is 2.28. The highest BCUT2D eigenvalue weighted by atomic mass is 15.3. The predicted octanol–water partition coefficient (Wildman–Crippen LogP) is 3.35. The van der Waals surface area contributed by atoms with Crippen LogP contribution in [0.1, 0.15) is 38.3 Å². The molecule has 0 unspecified atom stereocenters. The molecule has 9 nitrogen and oxygen atoms in total. The number of aryl methyl sites for hydroxylation is 1. The summed E-state index contributed by atoms with van der Waals surface area (Å²) in [6, 6.07) is 8.88. The summed E-state index contributed by atoms with van der Waals surface area (Å²) in [6.07, 6.45) is 7.68. The summed E-state index contributed by atoms with van der Waals surface area (Å²) in [7, 11) is 1.93. The second-order valence-corrected chi connectivity index (χ2v) is 9.03. The first-order valence-electron chi connectivity index (χ1n) is 11.6. The molecule has 172 valence electrons. The highest BCUT2D eigenvalue weighted by Gasteiger charge is 2.22. The van der Waals surface area contributed by atoms with Gasteiger partial charge in [-0.1, -0.05) is 24.3 Å². The molecule has 0 aliphatic carbocycles. The summed E-state index contributed by atoms with van der Waals surface area (Å²) in [6.45, 7) is 6.63. The van der Waals surface area contributed by atoms with Crippen molar-refractivity contribution in [3.63, 3.8) is 0 Å². The second-order valence-electron chi connectivity index (χ2n) is 9.03. The molecular formula is C24H31N9. The van der Waals surface area contributed by atoms with Gasteiger partial charge in [0.1, 0.15) is 0 Å². The zero-order valence-electron chi connectivity index (χ0n) is 19.4. The van der Waals surface area contributed by atoms with Crippen LogP contribution in [0, 0.1) is 0 Å². The summed E-state index contributed by atoms with van der Waals surface area (Å²) in [5, 5.41) is 7.89. The maximum atomic E-state index is 6.12. The summed E-state index contributed by atoms with van der Waals surface area (Å²) < 4.78 is 3.92. The van der Waals surface area contributed by atoms with Crippen LogP contribution in [0.5, 0.6) is 0 Å². The van der Waals surface area contributed by atoms with E-state index in [0.29, 0.717) is 6.54 Å². The third-order valence-electron chi connectivity index (χ3n) is 6.27. The SMILES string of the molecule is CC(C)n1cnc2c(NCc3ccccc3-c3cnn(C)c3)nc(N3CCC(N)CC3)nc21. The van der Waals surface area contributed by atoms with Crippen LogP contribution in [-0.4, -0.2) is 48.4 Å². The standard InChI is InChI=1S/C24H31N9/c1-16(2)33-15-27-21-22(29-24(30-23(21)33)32-10-8-19(25)9-11-32)26-12-17-6-4-5-7-20(17)18-13-28-31(3)14-18/h4-7,13-16,19H,8-12,25H2,1-3H3,(H,26,29,30). The van der Waals surface area contributed by atoms with E-state index in [-0.39, 0.29) is 12.1 Å². The molecular weight excluding hydrogens is 414 g/mol. The molecule has 0 radical (unpaired) electrons. The van der Waals surface area contributed by atoms with E-state index < -0.39 is 0 Å². The van der Waals surface area contributed by atoms with E-state index in [0.717, 1.165) is 60.0 Å². The van der Waals surface area contributed by atoms with Crippen molar-refractivity contribution in [1.29, 1.82) is 0 Å². The Morgan fingerprint density at radius 1 is 1.15 bits per heavy atom. The number of nitrogens with one attached hydrogen (secondary N) is 1. The van der Waals surface area contributed by atoms with Gasteiger partial charge in [-0.25, -0.2) is 4.98 Å². The van der Waals surface area contributed by atoms with Crippen molar-refractivity contribution < 1.29 is 0 Å². The Kier molecular flexibility index (Phi) is 5.72. The first kappa shape index (κ1) is 21.4. The van der Waals surface area contributed by atoms with Gasteiger partial charge in [0, 0.05) is 50.5 Å². The van der Waals surface area contributed by atoms with Crippen LogP contribution < -0.4 is 16.0 Å². The van der Waals surface area contributed by atoms with Crippen LogP contribution in [0.15, 0.2) is 43.0 Å². The number of hydrogen-bond acceptors (Lipinski definition) is 7. The molecule has 1 saturated heterocycles. The summed E-state index contributed by atoms with van der Waals surface area (Å²) in [5.41, 5.74) is 11.2. The molecule has 1 aromatic carbocycles. The van der Waals surface area contributed by atoms with Crippen LogP contribution in [-0.2, 0) is 13.6 Å². The third-order valence-corrected chi connectivity index (χ3v) is 6.27. The quantitative estimate of drug-likeness (QED) is 0.469. The minimum absolute atomic E-state index is 0.256. The number of imidazole rings is 1. The van der Waals surface area contributed by atoms with E-state index in [1.165, 1.54) is 5.56 Å². The Hall–Kier alpha value is -3.46. The minimum Gasteiger partial charge on any atom is -0.364 e. The van der Waals surface area contributed by atoms with Crippen molar-refractivity contribution in [1.82, 2.24) is 29.3 Å². The van der Waals surface area contributed by atoms with Crippen LogP contribution in [0.3, 0.4) is 0 Å². The molecule has 3 N–H and O–H groups in total. The van der Waals surface area contributed by atoms with E-state index in [1.54, 1.807) is 0 Å². The van der Waals surface area contributed by atoms with Crippen molar-refractivity contribution >= 4 is 22.9 Å². The number of piperidine rings is 1. The smallest absolute Gasteiger partial charge is 0.229 e. The van der Waals surface area contributed by atoms with Crippen molar-refractivity contribution in [2.75, 3.05) is 23.3 Å². The van der Waals surface area contributed by atoms with Gasteiger partial charge in [0.2, 0.25) is 5.95 Å². The number of aromatic nitrogens is 6. The van der Waals surface area contributed by atoms with Gasteiger partial charge in [0.25, 0.3) is 0 Å². The lowest BCUT2D eigenvalue weighted by Crippen LogP contribution is -2.40. The lowest BCUT2D eigenvalue weighted by atomic mass is 10.0. The van der Waals surface area contributed by atoms with Gasteiger partial charge >= 0.3 is 0 Å². The molecule has 4 aromatic rings. The number of anilines is 2. The van der Waals surface area contributed by atoms with Crippen LogP contribution in [0.4, 0.5) is 11.8 Å².